The van der Waals surface area contributed by atoms with E-state index in [-0.39, 0.29) is 21.5 Å². The lowest BCUT2D eigenvalue weighted by molar-refractivity contribution is 0.404. The molecule has 0 atom stereocenters. The Labute approximate surface area is 80.4 Å². The van der Waals surface area contributed by atoms with E-state index >= 15 is 0 Å². The van der Waals surface area contributed by atoms with Crippen molar-refractivity contribution in [1.82, 2.24) is 0 Å². The zero-order chi connectivity index (χ0) is 9.72. The zero-order valence-corrected chi connectivity index (χ0v) is 7.47. The Morgan fingerprint density at radius 2 is 1.17 bits per heavy atom. The number of hydrogen-bond acceptors (Lipinski definition) is 2. The second kappa shape index (κ2) is 4.76. The molecule has 0 saturated heterocycles. The molecule has 4 heteroatoms. The highest BCUT2D eigenvalue weighted by atomic mass is 35.5. The number of hydrogen-bond donors (Lipinski definition) is 2. The number of phenolic OH excluding ortho intramolecular Hbond substituents is 2. The second-order valence-corrected chi connectivity index (χ2v) is 2.57. The van der Waals surface area contributed by atoms with Crippen LogP contribution in [0.4, 0.5) is 0 Å². The molecule has 0 aromatic heterocycles. The van der Waals surface area contributed by atoms with E-state index in [9.17, 15) is 0 Å². The first-order valence-electron chi connectivity index (χ1n) is 2.81. The Kier molecular flexibility index (Phi) is 4.35. The molecule has 2 N–H and O–H groups in total. The molecule has 1 aromatic carbocycles. The molecule has 0 unspecified atom stereocenters. The summed E-state index contributed by atoms with van der Waals surface area (Å²) in [4.78, 5) is 0. The van der Waals surface area contributed by atoms with Crippen LogP contribution < -0.4 is 0 Å². The summed E-state index contributed by atoms with van der Waals surface area (Å²) in [6.45, 7) is 0. The smallest absolute Gasteiger partial charge is 0.159 e. The molecule has 0 heterocycles. The van der Waals surface area contributed by atoms with Crippen LogP contribution in [0.3, 0.4) is 0 Å². The number of aromatic hydroxyl groups is 2. The second-order valence-electron chi connectivity index (χ2n) is 1.76. The van der Waals surface area contributed by atoms with Gasteiger partial charge in [-0.25, -0.2) is 0 Å². The van der Waals surface area contributed by atoms with Gasteiger partial charge in [0.25, 0.3) is 0 Å². The Morgan fingerprint density at radius 3 is 1.42 bits per heavy atom. The Bertz CT molecular complexity index is 244. The van der Waals surface area contributed by atoms with Gasteiger partial charge >= 0.3 is 0 Å². The van der Waals surface area contributed by atoms with Crippen molar-refractivity contribution in [3.63, 3.8) is 0 Å². The molecule has 0 aliphatic rings. The highest BCUT2D eigenvalue weighted by Gasteiger charge is 2.03. The fourth-order valence-electron chi connectivity index (χ4n) is 0.526. The third-order valence-corrected chi connectivity index (χ3v) is 1.74. The largest absolute Gasteiger partial charge is 0.504 e. The topological polar surface area (TPSA) is 40.5 Å². The van der Waals surface area contributed by atoms with Crippen molar-refractivity contribution in [2.24, 2.45) is 0 Å². The van der Waals surface area contributed by atoms with Crippen LogP contribution >= 0.6 is 23.2 Å². The van der Waals surface area contributed by atoms with Crippen molar-refractivity contribution >= 4 is 23.2 Å². The minimum Gasteiger partial charge on any atom is -0.504 e. The maximum Gasteiger partial charge on any atom is 0.159 e. The lowest BCUT2D eigenvalue weighted by Gasteiger charge is -1.98. The van der Waals surface area contributed by atoms with Gasteiger partial charge in [0.1, 0.15) is 0 Å². The Balaban J connectivity index is 0.000000561. The lowest BCUT2D eigenvalue weighted by atomic mass is 10.3. The molecule has 12 heavy (non-hydrogen) atoms. The minimum absolute atomic E-state index is 0.219. The fraction of sp³-hybridized carbons (Fsp3) is 0. The van der Waals surface area contributed by atoms with Gasteiger partial charge in [-0.2, -0.15) is 0 Å². The summed E-state index contributed by atoms with van der Waals surface area (Å²) < 4.78 is 0. The van der Waals surface area contributed by atoms with Crippen molar-refractivity contribution in [3.05, 3.63) is 22.2 Å². The van der Waals surface area contributed by atoms with E-state index < -0.39 is 0 Å². The van der Waals surface area contributed by atoms with Crippen LogP contribution in [-0.4, -0.2) is 10.2 Å². The van der Waals surface area contributed by atoms with Gasteiger partial charge in [0.2, 0.25) is 0 Å². The quantitative estimate of drug-likeness (QED) is 0.504. The maximum absolute atomic E-state index is 8.83. The van der Waals surface area contributed by atoms with E-state index in [1.165, 1.54) is 12.1 Å². The van der Waals surface area contributed by atoms with Crippen LogP contribution in [0.25, 0.3) is 0 Å². The Hall–Kier alpha value is -1.04. The third-order valence-electron chi connectivity index (χ3n) is 1.02. The van der Waals surface area contributed by atoms with E-state index in [1.54, 1.807) is 0 Å². The van der Waals surface area contributed by atoms with Gasteiger partial charge in [0.05, 0.1) is 10.0 Å². The molecule has 0 spiro atoms. The van der Waals surface area contributed by atoms with Crippen molar-refractivity contribution in [1.29, 1.82) is 0 Å². The molecule has 0 fully saturated rings. The molecule has 0 aliphatic carbocycles. The third kappa shape index (κ3) is 2.54. The standard InChI is InChI=1S/C6H4Cl2O2.C2H2/c7-3-1-5(9)6(10)2-4(3)8;1-2/h1-2,9-10H;1-2H. The first-order valence-corrected chi connectivity index (χ1v) is 3.57. The van der Waals surface area contributed by atoms with Crippen LogP contribution in [-0.2, 0) is 0 Å². The molecular weight excluding hydrogens is 199 g/mol. The van der Waals surface area contributed by atoms with Crippen molar-refractivity contribution < 1.29 is 10.2 Å². The highest BCUT2D eigenvalue weighted by molar-refractivity contribution is 6.42. The number of benzene rings is 1. The normalized spacial score (nSPS) is 8.33. The van der Waals surface area contributed by atoms with Crippen LogP contribution in [0.1, 0.15) is 0 Å². The SMILES string of the molecule is C#C.Oc1cc(Cl)c(Cl)cc1O. The molecule has 1 rings (SSSR count). The first kappa shape index (κ1) is 11.0. The van der Waals surface area contributed by atoms with Crippen LogP contribution in [0.15, 0.2) is 12.1 Å². The number of phenols is 2. The summed E-state index contributed by atoms with van der Waals surface area (Å²) in [5.41, 5.74) is 0. The van der Waals surface area contributed by atoms with E-state index in [0.717, 1.165) is 0 Å². The van der Waals surface area contributed by atoms with Gasteiger partial charge < -0.3 is 10.2 Å². The summed E-state index contributed by atoms with van der Waals surface area (Å²) >= 11 is 11.0. The summed E-state index contributed by atoms with van der Waals surface area (Å²) in [6, 6.07) is 2.36. The molecular formula is C8H6Cl2O2. The van der Waals surface area contributed by atoms with E-state index in [0.29, 0.717) is 0 Å². The molecule has 64 valence electrons. The molecule has 0 radical (unpaired) electrons. The van der Waals surface area contributed by atoms with Gasteiger partial charge in [0, 0.05) is 12.1 Å². The number of halogens is 2. The minimum atomic E-state index is -0.269. The van der Waals surface area contributed by atoms with Crippen LogP contribution in [0.2, 0.25) is 10.0 Å². The van der Waals surface area contributed by atoms with Gasteiger partial charge in [-0.3, -0.25) is 0 Å². The van der Waals surface area contributed by atoms with Gasteiger partial charge in [-0.15, -0.1) is 12.8 Å². The molecule has 0 aliphatic heterocycles. The summed E-state index contributed by atoms with van der Waals surface area (Å²) in [5, 5.41) is 18.1. The first-order chi connectivity index (χ1) is 5.61. The van der Waals surface area contributed by atoms with Crippen molar-refractivity contribution in [2.45, 2.75) is 0 Å². The highest BCUT2D eigenvalue weighted by Crippen LogP contribution is 2.33. The van der Waals surface area contributed by atoms with Crippen molar-refractivity contribution in [3.8, 4) is 24.3 Å². The van der Waals surface area contributed by atoms with E-state index in [4.69, 9.17) is 33.4 Å². The van der Waals surface area contributed by atoms with Gasteiger partial charge in [-0.05, 0) is 0 Å². The maximum atomic E-state index is 8.83. The van der Waals surface area contributed by atoms with Crippen LogP contribution in [0.5, 0.6) is 11.5 Å². The average Bonchev–Trinajstić information content (AvgIpc) is 2.05. The number of terminal acetylenes is 1. The molecule has 0 bridgehead atoms. The monoisotopic (exact) mass is 204 g/mol. The average molecular weight is 205 g/mol. The van der Waals surface area contributed by atoms with E-state index in [2.05, 4.69) is 12.8 Å². The van der Waals surface area contributed by atoms with Gasteiger partial charge in [0.15, 0.2) is 11.5 Å². The molecule has 0 saturated carbocycles. The fourth-order valence-corrected chi connectivity index (χ4v) is 0.842. The molecule has 1 aromatic rings. The summed E-state index contributed by atoms with van der Waals surface area (Å²) in [6.07, 6.45) is 8.00. The number of rotatable bonds is 0. The lowest BCUT2D eigenvalue weighted by Crippen LogP contribution is -1.70. The summed E-state index contributed by atoms with van der Waals surface area (Å²) in [5.74, 6) is -0.538. The van der Waals surface area contributed by atoms with Crippen LogP contribution in [0, 0.1) is 12.8 Å². The zero-order valence-electron chi connectivity index (χ0n) is 5.96. The predicted octanol–water partition coefficient (Wildman–Crippen LogP) is 2.65. The molecule has 2 nitrogen and oxygen atoms in total. The Morgan fingerprint density at radius 1 is 0.917 bits per heavy atom. The van der Waals surface area contributed by atoms with Crippen molar-refractivity contribution in [2.75, 3.05) is 0 Å². The molecule has 0 amide bonds. The van der Waals surface area contributed by atoms with Gasteiger partial charge in [-0.1, -0.05) is 23.2 Å². The van der Waals surface area contributed by atoms with E-state index in [1.807, 2.05) is 0 Å². The predicted molar refractivity (Wildman–Crippen MR) is 49.7 cm³/mol. The summed E-state index contributed by atoms with van der Waals surface area (Å²) in [7, 11) is 0.